The number of nitrogens with one attached hydrogen (secondary N) is 2. The number of ether oxygens (including phenoxy) is 2. The second-order valence-corrected chi connectivity index (χ2v) is 13.6. The van der Waals surface area contributed by atoms with Crippen LogP contribution in [0.1, 0.15) is 31.7 Å². The molecular weight excluding hydrogens is 568 g/mol. The van der Waals surface area contributed by atoms with E-state index in [2.05, 4.69) is 15.6 Å². The Kier molecular flexibility index (Phi) is 7.69. The van der Waals surface area contributed by atoms with Crippen molar-refractivity contribution in [3.05, 3.63) is 60.3 Å². The van der Waals surface area contributed by atoms with Crippen molar-refractivity contribution in [1.29, 1.82) is 0 Å². The molecule has 2 aromatic carbocycles. The number of aliphatic hydroxyl groups excluding tert-OH is 1. The molecule has 0 aliphatic carbocycles. The molecule has 2 aliphatic heterocycles. The summed E-state index contributed by atoms with van der Waals surface area (Å²) in [5.74, 6) is 1.95. The highest BCUT2D eigenvalue weighted by Gasteiger charge is 2.46. The predicted octanol–water partition coefficient (Wildman–Crippen LogP) is 3.99. The van der Waals surface area contributed by atoms with E-state index < -0.39 is 16.1 Å². The van der Waals surface area contributed by atoms with Gasteiger partial charge in [-0.3, -0.25) is 4.31 Å². The van der Waals surface area contributed by atoms with Crippen LogP contribution in [0.25, 0.3) is 16.8 Å². The lowest BCUT2D eigenvalue weighted by Crippen LogP contribution is -2.54. The van der Waals surface area contributed by atoms with Crippen LogP contribution in [-0.2, 0) is 16.4 Å². The fraction of sp³-hybridized carbons (Fsp3) is 0.419. The Morgan fingerprint density at radius 1 is 1.23 bits per heavy atom. The van der Waals surface area contributed by atoms with Crippen molar-refractivity contribution in [2.24, 2.45) is 5.92 Å². The Morgan fingerprint density at radius 3 is 2.72 bits per heavy atom. The molecular formula is C31H38N6O5S. The maximum atomic E-state index is 12.3. The number of hydrogen-bond acceptors (Lipinski definition) is 9. The van der Waals surface area contributed by atoms with Crippen LogP contribution < -0.4 is 24.4 Å². The Labute approximate surface area is 251 Å². The second kappa shape index (κ2) is 11.3. The summed E-state index contributed by atoms with van der Waals surface area (Å²) in [4.78, 5) is 4.54. The van der Waals surface area contributed by atoms with Gasteiger partial charge in [0.05, 0.1) is 48.3 Å². The summed E-state index contributed by atoms with van der Waals surface area (Å²) in [5, 5.41) is 21.8. The van der Waals surface area contributed by atoms with Gasteiger partial charge < -0.3 is 25.2 Å². The van der Waals surface area contributed by atoms with E-state index in [1.807, 2.05) is 49.4 Å². The van der Waals surface area contributed by atoms with E-state index in [1.165, 1.54) is 17.6 Å². The molecule has 0 saturated carbocycles. The van der Waals surface area contributed by atoms with Gasteiger partial charge in [0, 0.05) is 24.6 Å². The van der Waals surface area contributed by atoms with Crippen LogP contribution in [0.4, 0.5) is 17.3 Å². The first-order valence-electron chi connectivity index (χ1n) is 14.5. The summed E-state index contributed by atoms with van der Waals surface area (Å²) in [5.41, 5.74) is 4.19. The number of rotatable bonds is 8. The third-order valence-electron chi connectivity index (χ3n) is 8.64. The molecule has 2 aliphatic rings. The maximum absolute atomic E-state index is 12.3. The average molecular weight is 607 g/mol. The molecule has 1 fully saturated rings. The molecule has 0 amide bonds. The third-order valence-corrected chi connectivity index (χ3v) is 9.84. The van der Waals surface area contributed by atoms with Crippen LogP contribution in [0.15, 0.2) is 54.7 Å². The monoisotopic (exact) mass is 606 g/mol. The largest absolute Gasteiger partial charge is 0.494 e. The summed E-state index contributed by atoms with van der Waals surface area (Å²) in [6, 6.07) is 15.1. The quantitative estimate of drug-likeness (QED) is 0.273. The lowest BCUT2D eigenvalue weighted by atomic mass is 9.72. The average Bonchev–Trinajstić information content (AvgIpc) is 3.40. The first-order valence-corrected chi connectivity index (χ1v) is 16.4. The van der Waals surface area contributed by atoms with Crippen LogP contribution in [0, 0.1) is 5.92 Å². The fourth-order valence-corrected chi connectivity index (χ4v) is 6.89. The van der Waals surface area contributed by atoms with E-state index in [4.69, 9.17) is 14.6 Å². The van der Waals surface area contributed by atoms with E-state index in [0.717, 1.165) is 60.4 Å². The third kappa shape index (κ3) is 5.62. The molecule has 4 heterocycles. The van der Waals surface area contributed by atoms with E-state index in [0.29, 0.717) is 29.5 Å². The minimum Gasteiger partial charge on any atom is -0.494 e. The van der Waals surface area contributed by atoms with Gasteiger partial charge in [0.15, 0.2) is 0 Å². The highest BCUT2D eigenvalue weighted by atomic mass is 32.2. The van der Waals surface area contributed by atoms with Gasteiger partial charge in [-0.25, -0.2) is 17.9 Å². The van der Waals surface area contributed by atoms with Crippen molar-refractivity contribution in [2.75, 3.05) is 43.1 Å². The van der Waals surface area contributed by atoms with Gasteiger partial charge in [-0.2, -0.15) is 0 Å². The molecule has 0 radical (unpaired) electrons. The Morgan fingerprint density at radius 2 is 2.00 bits per heavy atom. The highest BCUT2D eigenvalue weighted by Crippen LogP contribution is 2.47. The Hall–Kier alpha value is -3.87. The molecule has 6 rings (SSSR count). The normalized spacial score (nSPS) is 18.6. The maximum Gasteiger partial charge on any atom is 0.245 e. The summed E-state index contributed by atoms with van der Waals surface area (Å²) in [7, 11) is -0.310. The highest BCUT2D eigenvalue weighted by molar-refractivity contribution is 7.92. The van der Waals surface area contributed by atoms with E-state index in [-0.39, 0.29) is 11.5 Å². The zero-order chi connectivity index (χ0) is 30.4. The molecule has 0 bridgehead atoms. The number of hydrogen-bond donors (Lipinski definition) is 3. The molecule has 3 N–H and O–H groups in total. The lowest BCUT2D eigenvalue weighted by molar-refractivity contribution is -0.0479. The van der Waals surface area contributed by atoms with Crippen molar-refractivity contribution in [3.63, 3.8) is 0 Å². The number of fused-ring (bicyclic) bond motifs is 2. The van der Waals surface area contributed by atoms with Crippen molar-refractivity contribution < 1.29 is 23.0 Å². The topological polar surface area (TPSA) is 130 Å². The van der Waals surface area contributed by atoms with Gasteiger partial charge in [0.25, 0.3) is 0 Å². The van der Waals surface area contributed by atoms with Crippen LogP contribution in [0.3, 0.4) is 0 Å². The van der Waals surface area contributed by atoms with Gasteiger partial charge in [0.1, 0.15) is 17.1 Å². The van der Waals surface area contributed by atoms with Crippen molar-refractivity contribution >= 4 is 32.9 Å². The molecule has 1 saturated heterocycles. The number of nitrogens with zero attached hydrogens (tertiary/aromatic N) is 4. The first kappa shape index (κ1) is 29.2. The summed E-state index contributed by atoms with van der Waals surface area (Å²) in [6.45, 7) is 3.61. The van der Waals surface area contributed by atoms with Crippen LogP contribution in [0.2, 0.25) is 0 Å². The Bertz CT molecular complexity index is 1750. The standard InChI is InChI=1S/C31H38N6O5S/c1-20(38)15-22-16-21-17-25(29(41-3)18-28(21)42-31(22)11-13-32-14-12-31)34-30-33-19-23-9-10-27(37(23)35-30)24-7-5-6-8-26(24)36(2)43(4,39)40/h5-10,17-20,22,32,38H,11-16H2,1-4H3,(H,34,35)/t20-,22?/m0/s1. The van der Waals surface area contributed by atoms with Gasteiger partial charge >= 0.3 is 0 Å². The van der Waals surface area contributed by atoms with Crippen LogP contribution >= 0.6 is 0 Å². The lowest BCUT2D eigenvalue weighted by Gasteiger charge is -2.48. The Balaban J connectivity index is 1.35. The fourth-order valence-electron chi connectivity index (χ4n) is 6.38. The number of methoxy groups -OCH3 is 1. The predicted molar refractivity (Wildman–Crippen MR) is 167 cm³/mol. The molecule has 228 valence electrons. The van der Waals surface area contributed by atoms with Crippen LogP contribution in [0.5, 0.6) is 11.5 Å². The summed E-state index contributed by atoms with van der Waals surface area (Å²) < 4.78 is 40.2. The van der Waals surface area contributed by atoms with Gasteiger partial charge in [-0.15, -0.1) is 5.10 Å². The van der Waals surface area contributed by atoms with E-state index in [1.54, 1.807) is 23.9 Å². The number of anilines is 3. The first-order chi connectivity index (χ1) is 20.6. The van der Waals surface area contributed by atoms with E-state index in [9.17, 15) is 13.5 Å². The van der Waals surface area contributed by atoms with Gasteiger partial charge in [0.2, 0.25) is 16.0 Å². The number of aliphatic hydroxyl groups is 1. The number of para-hydroxylation sites is 1. The molecule has 1 unspecified atom stereocenters. The molecule has 11 nitrogen and oxygen atoms in total. The molecule has 1 spiro atoms. The van der Waals surface area contributed by atoms with Crippen molar-refractivity contribution in [1.82, 2.24) is 19.9 Å². The smallest absolute Gasteiger partial charge is 0.245 e. The molecule has 2 atom stereocenters. The van der Waals surface area contributed by atoms with Gasteiger partial charge in [-0.05, 0) is 75.5 Å². The van der Waals surface area contributed by atoms with Gasteiger partial charge in [-0.1, -0.05) is 18.2 Å². The molecule has 12 heteroatoms. The second-order valence-electron chi connectivity index (χ2n) is 11.6. The zero-order valence-electron chi connectivity index (χ0n) is 24.9. The molecule has 2 aromatic heterocycles. The summed E-state index contributed by atoms with van der Waals surface area (Å²) >= 11 is 0. The van der Waals surface area contributed by atoms with E-state index >= 15 is 0 Å². The zero-order valence-corrected chi connectivity index (χ0v) is 25.7. The van der Waals surface area contributed by atoms with Crippen LogP contribution in [-0.4, -0.2) is 73.3 Å². The van der Waals surface area contributed by atoms with Crippen molar-refractivity contribution in [2.45, 2.75) is 44.3 Å². The molecule has 43 heavy (non-hydrogen) atoms. The molecule has 4 aromatic rings. The number of sulfonamides is 1. The number of aromatic nitrogens is 3. The number of piperidine rings is 1. The SMILES string of the molecule is COc1cc2c(cc1Nc1ncc3ccc(-c4ccccc4N(C)S(C)(=O)=O)n3n1)CC(C[C@H](C)O)C1(CCNCC1)O2. The van der Waals surface area contributed by atoms with Crippen molar-refractivity contribution in [3.8, 4) is 22.8 Å². The minimum atomic E-state index is -3.47. The number of benzene rings is 2. The minimum absolute atomic E-state index is 0.184. The summed E-state index contributed by atoms with van der Waals surface area (Å²) in [6.07, 6.45) is 5.71.